The van der Waals surface area contributed by atoms with Crippen molar-refractivity contribution in [1.29, 1.82) is 0 Å². The molecule has 0 saturated heterocycles. The fourth-order valence-corrected chi connectivity index (χ4v) is 3.54. The number of hydrogen-bond acceptors (Lipinski definition) is 3. The minimum absolute atomic E-state index is 0.108. The van der Waals surface area contributed by atoms with Gasteiger partial charge in [-0.3, -0.25) is 4.79 Å². The topological polar surface area (TPSA) is 61.7 Å². The number of fused-ring (bicyclic) bond motifs is 1. The monoisotopic (exact) mass is 446 g/mol. The molecule has 0 spiro atoms. The molecule has 0 unspecified atom stereocenters. The minimum atomic E-state index is -0.342. The summed E-state index contributed by atoms with van der Waals surface area (Å²) < 4.78 is 1.53. The minimum Gasteiger partial charge on any atom is -0.507 e. The van der Waals surface area contributed by atoms with E-state index in [0.29, 0.717) is 15.6 Å². The van der Waals surface area contributed by atoms with E-state index in [4.69, 9.17) is 0 Å². The van der Waals surface area contributed by atoms with Crippen LogP contribution in [-0.4, -0.2) is 17.2 Å². The molecule has 3 aromatic carbocycles. The van der Waals surface area contributed by atoms with Gasteiger partial charge in [-0.15, -0.1) is 0 Å². The average molecular weight is 448 g/mol. The molecule has 3 rings (SSSR count). The third kappa shape index (κ3) is 3.49. The smallest absolute Gasteiger partial charge is 0.272 e. The van der Waals surface area contributed by atoms with Gasteiger partial charge in [0.1, 0.15) is 5.75 Å². The number of hydrogen-bond donors (Lipinski definition) is 2. The summed E-state index contributed by atoms with van der Waals surface area (Å²) >= 11 is 6.69. The molecule has 120 valence electrons. The molecule has 24 heavy (non-hydrogen) atoms. The van der Waals surface area contributed by atoms with E-state index in [2.05, 4.69) is 42.4 Å². The fourth-order valence-electron chi connectivity index (χ4n) is 2.31. The van der Waals surface area contributed by atoms with Crippen molar-refractivity contribution in [2.24, 2.45) is 5.10 Å². The first-order valence-electron chi connectivity index (χ1n) is 7.05. The molecule has 0 saturated carbocycles. The predicted octanol–water partition coefficient (Wildman–Crippen LogP) is 4.83. The summed E-state index contributed by atoms with van der Waals surface area (Å²) in [5.74, 6) is -0.234. The number of nitrogens with one attached hydrogen (secondary N) is 1. The van der Waals surface area contributed by atoms with Gasteiger partial charge in [-0.1, -0.05) is 46.3 Å². The van der Waals surface area contributed by atoms with E-state index in [-0.39, 0.29) is 11.7 Å². The molecule has 0 heterocycles. The van der Waals surface area contributed by atoms with E-state index in [1.165, 1.54) is 6.21 Å². The summed E-state index contributed by atoms with van der Waals surface area (Å²) in [5.41, 5.74) is 3.50. The second-order valence-electron chi connectivity index (χ2n) is 5.04. The van der Waals surface area contributed by atoms with Crippen LogP contribution in [0.4, 0.5) is 0 Å². The van der Waals surface area contributed by atoms with Gasteiger partial charge >= 0.3 is 0 Å². The van der Waals surface area contributed by atoms with E-state index in [1.807, 2.05) is 30.3 Å². The number of rotatable bonds is 3. The first-order valence-corrected chi connectivity index (χ1v) is 8.64. The third-order valence-electron chi connectivity index (χ3n) is 3.48. The summed E-state index contributed by atoms with van der Waals surface area (Å²) in [6.45, 7) is 0. The van der Waals surface area contributed by atoms with Gasteiger partial charge in [-0.25, -0.2) is 5.43 Å². The number of phenolic OH excluding ortho intramolecular Hbond substituents is 1. The summed E-state index contributed by atoms with van der Waals surface area (Å²) in [4.78, 5) is 12.2. The van der Waals surface area contributed by atoms with Crippen LogP contribution in [0.1, 0.15) is 15.9 Å². The number of aromatic hydroxyl groups is 1. The zero-order chi connectivity index (χ0) is 17.1. The lowest BCUT2D eigenvalue weighted by atomic mass is 10.0. The lowest BCUT2D eigenvalue weighted by molar-refractivity contribution is 0.0954. The Bertz CT molecular complexity index is 955. The molecule has 0 bridgehead atoms. The van der Waals surface area contributed by atoms with Crippen LogP contribution in [-0.2, 0) is 0 Å². The van der Waals surface area contributed by atoms with Crippen LogP contribution in [0.5, 0.6) is 5.75 Å². The van der Waals surface area contributed by atoms with Crippen molar-refractivity contribution in [2.75, 3.05) is 0 Å². The van der Waals surface area contributed by atoms with Crippen molar-refractivity contribution in [3.05, 3.63) is 74.7 Å². The molecular formula is C18H12Br2N2O2. The summed E-state index contributed by atoms with van der Waals surface area (Å²) in [7, 11) is 0. The van der Waals surface area contributed by atoms with Gasteiger partial charge in [0.05, 0.1) is 11.8 Å². The van der Waals surface area contributed by atoms with E-state index in [1.54, 1.807) is 24.3 Å². The molecule has 1 amide bonds. The quantitative estimate of drug-likeness (QED) is 0.446. The van der Waals surface area contributed by atoms with Gasteiger partial charge in [0.25, 0.3) is 5.91 Å². The Hall–Kier alpha value is -2.18. The Balaban J connectivity index is 1.84. The van der Waals surface area contributed by atoms with Crippen LogP contribution >= 0.6 is 31.9 Å². The molecular weight excluding hydrogens is 436 g/mol. The molecule has 4 nitrogen and oxygen atoms in total. The Labute approximate surface area is 155 Å². The Morgan fingerprint density at radius 3 is 2.67 bits per heavy atom. The third-order valence-corrected chi connectivity index (χ3v) is 4.63. The molecule has 0 aliphatic heterocycles. The maximum atomic E-state index is 12.2. The highest BCUT2D eigenvalue weighted by molar-refractivity contribution is 9.11. The molecule has 3 aromatic rings. The van der Waals surface area contributed by atoms with Crippen LogP contribution in [0.25, 0.3) is 10.8 Å². The number of benzene rings is 3. The van der Waals surface area contributed by atoms with Gasteiger partial charge < -0.3 is 5.11 Å². The van der Waals surface area contributed by atoms with Gasteiger partial charge in [-0.2, -0.15) is 5.10 Å². The Morgan fingerprint density at radius 1 is 1.08 bits per heavy atom. The van der Waals surface area contributed by atoms with Crippen molar-refractivity contribution in [3.63, 3.8) is 0 Å². The van der Waals surface area contributed by atoms with E-state index >= 15 is 0 Å². The lowest BCUT2D eigenvalue weighted by Gasteiger charge is -2.05. The van der Waals surface area contributed by atoms with Crippen molar-refractivity contribution in [3.8, 4) is 5.75 Å². The number of nitrogens with zero attached hydrogens (tertiary/aromatic N) is 1. The van der Waals surface area contributed by atoms with Crippen LogP contribution in [0.2, 0.25) is 0 Å². The standard InChI is InChI=1S/C18H12Br2N2O2/c19-12-6-7-14(16(20)9-12)18(24)22-21-10-15-13-4-2-1-3-11(13)5-8-17(15)23/h1-10,23H,(H,22,24)/b21-10+. The normalized spacial score (nSPS) is 11.1. The van der Waals surface area contributed by atoms with Crippen LogP contribution in [0.15, 0.2) is 68.6 Å². The van der Waals surface area contributed by atoms with E-state index in [0.717, 1.165) is 15.2 Å². The fraction of sp³-hybridized carbons (Fsp3) is 0. The second kappa shape index (κ2) is 7.15. The van der Waals surface area contributed by atoms with E-state index in [9.17, 15) is 9.90 Å². The maximum Gasteiger partial charge on any atom is 0.272 e. The van der Waals surface area contributed by atoms with Crippen molar-refractivity contribution in [1.82, 2.24) is 5.43 Å². The first-order chi connectivity index (χ1) is 11.6. The molecule has 0 aliphatic carbocycles. The highest BCUT2D eigenvalue weighted by Crippen LogP contribution is 2.25. The molecule has 0 aliphatic rings. The molecule has 0 fully saturated rings. The second-order valence-corrected chi connectivity index (χ2v) is 6.81. The number of hydrazone groups is 1. The SMILES string of the molecule is O=C(N/N=C/c1c(O)ccc2ccccc12)c1ccc(Br)cc1Br. The highest BCUT2D eigenvalue weighted by atomic mass is 79.9. The number of halogens is 2. The number of phenols is 1. The van der Waals surface area contributed by atoms with Gasteiger partial charge in [0.15, 0.2) is 0 Å². The number of carbonyl (C=O) groups excluding carboxylic acids is 1. The van der Waals surface area contributed by atoms with Crippen molar-refractivity contribution in [2.45, 2.75) is 0 Å². The molecule has 0 atom stereocenters. The van der Waals surface area contributed by atoms with Crippen LogP contribution in [0, 0.1) is 0 Å². The average Bonchev–Trinajstić information content (AvgIpc) is 2.56. The number of carbonyl (C=O) groups is 1. The van der Waals surface area contributed by atoms with Crippen molar-refractivity contribution >= 4 is 54.8 Å². The number of amides is 1. The summed E-state index contributed by atoms with van der Waals surface area (Å²) in [6.07, 6.45) is 1.45. The maximum absolute atomic E-state index is 12.2. The largest absolute Gasteiger partial charge is 0.507 e. The molecule has 6 heteroatoms. The zero-order valence-corrected chi connectivity index (χ0v) is 15.5. The van der Waals surface area contributed by atoms with Gasteiger partial charge in [0.2, 0.25) is 0 Å². The van der Waals surface area contributed by atoms with E-state index < -0.39 is 0 Å². The highest BCUT2D eigenvalue weighted by Gasteiger charge is 2.09. The van der Waals surface area contributed by atoms with Crippen LogP contribution < -0.4 is 5.43 Å². The van der Waals surface area contributed by atoms with Crippen LogP contribution in [0.3, 0.4) is 0 Å². The molecule has 0 radical (unpaired) electrons. The predicted molar refractivity (Wildman–Crippen MR) is 103 cm³/mol. The Morgan fingerprint density at radius 2 is 1.88 bits per heavy atom. The summed E-state index contributed by atoms with van der Waals surface area (Å²) in [5, 5.41) is 15.9. The van der Waals surface area contributed by atoms with Gasteiger partial charge in [0, 0.05) is 14.5 Å². The zero-order valence-electron chi connectivity index (χ0n) is 12.3. The first kappa shape index (κ1) is 16.7. The van der Waals surface area contributed by atoms with Crippen molar-refractivity contribution < 1.29 is 9.90 Å². The Kier molecular flexibility index (Phi) is 4.97. The van der Waals surface area contributed by atoms with Gasteiger partial charge in [-0.05, 0) is 51.0 Å². The lowest BCUT2D eigenvalue weighted by Crippen LogP contribution is -2.18. The molecule has 0 aromatic heterocycles. The summed E-state index contributed by atoms with van der Waals surface area (Å²) in [6, 6.07) is 16.3. The molecule has 2 N–H and O–H groups in total.